The fourth-order valence-electron chi connectivity index (χ4n) is 5.67. The van der Waals surface area contributed by atoms with Crippen molar-refractivity contribution >= 4 is 21.7 Å². The van der Waals surface area contributed by atoms with Gasteiger partial charge < -0.3 is 0 Å². The van der Waals surface area contributed by atoms with Crippen LogP contribution in [0.25, 0.3) is 12.2 Å². The molecule has 0 nitrogen and oxygen atoms in total. The van der Waals surface area contributed by atoms with E-state index in [0.29, 0.717) is 23.7 Å². The Morgan fingerprint density at radius 3 is 1.45 bits per heavy atom. The maximum absolute atomic E-state index is 2.52. The molecule has 162 valence electrons. The van der Waals surface area contributed by atoms with Crippen molar-refractivity contribution in [3.63, 3.8) is 0 Å². The van der Waals surface area contributed by atoms with E-state index in [-0.39, 0.29) is 0 Å². The van der Waals surface area contributed by atoms with Crippen molar-refractivity contribution in [2.24, 2.45) is 0 Å². The molecule has 0 heterocycles. The van der Waals surface area contributed by atoms with Gasteiger partial charge in [0.05, 0.1) is 0 Å². The van der Waals surface area contributed by atoms with Crippen LogP contribution in [-0.4, -0.2) is 9.52 Å². The second kappa shape index (κ2) is 9.33. The molecule has 0 fully saturated rings. The van der Waals surface area contributed by atoms with Crippen molar-refractivity contribution in [3.8, 4) is 0 Å². The van der Waals surface area contributed by atoms with Crippen LogP contribution in [0.15, 0.2) is 47.5 Å². The van der Waals surface area contributed by atoms with E-state index in [4.69, 9.17) is 0 Å². The summed E-state index contributed by atoms with van der Waals surface area (Å²) in [7, 11) is 1.00. The quantitative estimate of drug-likeness (QED) is 0.369. The van der Waals surface area contributed by atoms with Crippen LogP contribution in [0.1, 0.15) is 111 Å². The number of fused-ring (bicyclic) bond motifs is 2. The normalized spacial score (nSPS) is 19.6. The van der Waals surface area contributed by atoms with Crippen molar-refractivity contribution in [1.29, 1.82) is 0 Å². The third-order valence-corrected chi connectivity index (χ3v) is 8.80. The van der Waals surface area contributed by atoms with E-state index in [1.807, 2.05) is 0 Å². The molecule has 2 aromatic carbocycles. The van der Waals surface area contributed by atoms with Gasteiger partial charge in [-0.15, -0.1) is 0 Å². The van der Waals surface area contributed by atoms with Crippen LogP contribution in [0, 0.1) is 0 Å². The van der Waals surface area contributed by atoms with E-state index in [0.717, 1.165) is 9.52 Å². The monoisotopic (exact) mass is 426 g/mol. The largest absolute Gasteiger partial charge is 0.0627 e. The molecule has 1 heteroatoms. The minimum absolute atomic E-state index is 0.591. The smallest absolute Gasteiger partial charge is 0.0397 e. The van der Waals surface area contributed by atoms with E-state index in [9.17, 15) is 0 Å². The summed E-state index contributed by atoms with van der Waals surface area (Å²) in [6.07, 6.45) is 7.39. The molecule has 0 bridgehead atoms. The van der Waals surface area contributed by atoms with Gasteiger partial charge in [-0.25, -0.2) is 0 Å². The van der Waals surface area contributed by atoms with Gasteiger partial charge >= 0.3 is 0 Å². The summed E-state index contributed by atoms with van der Waals surface area (Å²) in [5, 5.41) is 0. The van der Waals surface area contributed by atoms with Crippen molar-refractivity contribution in [3.05, 3.63) is 80.9 Å². The van der Waals surface area contributed by atoms with Gasteiger partial charge in [-0.05, 0) is 58.1 Å². The first-order valence-corrected chi connectivity index (χ1v) is 13.7. The maximum Gasteiger partial charge on any atom is 0.0397 e. The van der Waals surface area contributed by atoms with E-state index < -0.39 is 0 Å². The molecule has 2 aliphatic rings. The molecule has 2 atom stereocenters. The summed E-state index contributed by atoms with van der Waals surface area (Å²) in [5.41, 5.74) is 12.6. The van der Waals surface area contributed by atoms with E-state index in [2.05, 4.69) is 90.1 Å². The average Bonchev–Trinajstić information content (AvgIpc) is 3.31. The first-order valence-electron chi connectivity index (χ1n) is 12.3. The number of rotatable bonds is 8. The molecular weight excluding hydrogens is 388 g/mol. The van der Waals surface area contributed by atoms with Gasteiger partial charge in [-0.3, -0.25) is 0 Å². The molecule has 0 saturated carbocycles. The highest BCUT2D eigenvalue weighted by Gasteiger charge is 2.29. The molecule has 31 heavy (non-hydrogen) atoms. The molecule has 0 spiro atoms. The van der Waals surface area contributed by atoms with Crippen LogP contribution in [0.5, 0.6) is 0 Å². The predicted molar refractivity (Wildman–Crippen MR) is 138 cm³/mol. The molecule has 0 aromatic heterocycles. The number of hydrogen-bond donors (Lipinski definition) is 0. The lowest BCUT2D eigenvalue weighted by atomic mass is 9.91. The van der Waals surface area contributed by atoms with Crippen LogP contribution < -0.4 is 0 Å². The third-order valence-electron chi connectivity index (χ3n) is 7.41. The highest BCUT2D eigenvalue weighted by Crippen LogP contribution is 2.46. The first-order chi connectivity index (χ1) is 15.0. The van der Waals surface area contributed by atoms with E-state index >= 15 is 0 Å². The Bertz CT molecular complexity index is 924. The van der Waals surface area contributed by atoms with Gasteiger partial charge in [-0.2, -0.15) is 0 Å². The highest BCUT2D eigenvalue weighted by atomic mass is 28.2. The Hall–Kier alpha value is -1.86. The summed E-state index contributed by atoms with van der Waals surface area (Å²) >= 11 is 0. The van der Waals surface area contributed by atoms with Crippen molar-refractivity contribution < 1.29 is 0 Å². The molecule has 0 amide bonds. The van der Waals surface area contributed by atoms with Crippen LogP contribution >= 0.6 is 0 Å². The van der Waals surface area contributed by atoms with Gasteiger partial charge in [0.25, 0.3) is 0 Å². The van der Waals surface area contributed by atoms with E-state index in [1.165, 1.54) is 47.2 Å². The first kappa shape index (κ1) is 22.3. The summed E-state index contributed by atoms with van der Waals surface area (Å²) in [6, 6.07) is 16.6. The number of benzene rings is 2. The lowest BCUT2D eigenvalue weighted by Gasteiger charge is -2.20. The standard InChI is InChI=1S/C30H38Si/c1-7-21-15-27-23(19(3)4)11-9-13-25(27)29(21)17-31-18-30-22(8-2)16-28-24(20(5)6)12-10-14-26(28)30/h9-16,19-20,29-30H,7-8,17-18H2,1-6H3. The summed E-state index contributed by atoms with van der Waals surface area (Å²) in [5.74, 6) is 2.45. The molecule has 0 N–H and O–H groups in total. The fraction of sp³-hybridized carbons (Fsp3) is 0.467. The third kappa shape index (κ3) is 4.14. The SMILES string of the molecule is CCC1=Cc2c(C(C)C)cccc2C1C[Si]CC1C(CC)=Cc2c(C(C)C)cccc21. The van der Waals surface area contributed by atoms with Gasteiger partial charge in [-0.1, -0.05) is 113 Å². The zero-order chi connectivity index (χ0) is 22.1. The zero-order valence-electron chi connectivity index (χ0n) is 20.3. The molecule has 2 aromatic rings. The second-order valence-corrected chi connectivity index (χ2v) is 11.2. The Morgan fingerprint density at radius 1 is 0.677 bits per heavy atom. The molecule has 2 unspecified atom stereocenters. The topological polar surface area (TPSA) is 0 Å². The predicted octanol–water partition coefficient (Wildman–Crippen LogP) is 8.96. The molecule has 4 rings (SSSR count). The second-order valence-electron chi connectivity index (χ2n) is 9.92. The molecule has 2 radical (unpaired) electrons. The van der Waals surface area contributed by atoms with Gasteiger partial charge in [0.15, 0.2) is 0 Å². The Labute approximate surface area is 192 Å². The van der Waals surface area contributed by atoms with Crippen molar-refractivity contribution in [2.75, 3.05) is 0 Å². The lowest BCUT2D eigenvalue weighted by Crippen LogP contribution is -2.08. The zero-order valence-corrected chi connectivity index (χ0v) is 21.3. The van der Waals surface area contributed by atoms with Crippen molar-refractivity contribution in [1.82, 2.24) is 0 Å². The van der Waals surface area contributed by atoms with Crippen molar-refractivity contribution in [2.45, 2.75) is 90.1 Å². The average molecular weight is 427 g/mol. The fourth-order valence-corrected chi connectivity index (χ4v) is 7.38. The molecular formula is C30H38Si. The molecule has 2 aliphatic carbocycles. The van der Waals surface area contributed by atoms with Gasteiger partial charge in [0.1, 0.15) is 0 Å². The Kier molecular flexibility index (Phi) is 6.72. The van der Waals surface area contributed by atoms with Crippen LogP contribution in [0.4, 0.5) is 0 Å². The van der Waals surface area contributed by atoms with Crippen LogP contribution in [0.2, 0.25) is 12.1 Å². The minimum atomic E-state index is 0.591. The number of allylic oxidation sites excluding steroid dienone is 2. The molecule has 0 aliphatic heterocycles. The summed E-state index contributed by atoms with van der Waals surface area (Å²) in [4.78, 5) is 0. The maximum atomic E-state index is 2.52. The van der Waals surface area contributed by atoms with E-state index in [1.54, 1.807) is 22.3 Å². The molecule has 0 saturated heterocycles. The minimum Gasteiger partial charge on any atom is -0.0627 e. The number of hydrogen-bond acceptors (Lipinski definition) is 0. The Balaban J connectivity index is 1.52. The van der Waals surface area contributed by atoms with Gasteiger partial charge in [0, 0.05) is 21.4 Å². The van der Waals surface area contributed by atoms with Crippen LogP contribution in [0.3, 0.4) is 0 Å². The van der Waals surface area contributed by atoms with Gasteiger partial charge in [0.2, 0.25) is 0 Å². The Morgan fingerprint density at radius 2 is 1.10 bits per heavy atom. The summed E-state index contributed by atoms with van der Waals surface area (Å²) in [6.45, 7) is 14.0. The van der Waals surface area contributed by atoms with Crippen LogP contribution in [-0.2, 0) is 0 Å². The summed E-state index contributed by atoms with van der Waals surface area (Å²) < 4.78 is 0. The highest BCUT2D eigenvalue weighted by molar-refractivity contribution is 6.36. The lowest BCUT2D eigenvalue weighted by molar-refractivity contribution is 0.820.